The van der Waals surface area contributed by atoms with Crippen LogP contribution in [0.5, 0.6) is 0 Å². The van der Waals surface area contributed by atoms with Gasteiger partial charge in [0.05, 0.1) is 24.0 Å². The van der Waals surface area contributed by atoms with Gasteiger partial charge in [0.1, 0.15) is 5.82 Å². The first kappa shape index (κ1) is 13.8. The predicted octanol–water partition coefficient (Wildman–Crippen LogP) is 1.68. The fourth-order valence-electron chi connectivity index (χ4n) is 1.56. The van der Waals surface area contributed by atoms with E-state index in [0.717, 1.165) is 0 Å². The van der Waals surface area contributed by atoms with Gasteiger partial charge in [-0.15, -0.1) is 0 Å². The quantitative estimate of drug-likeness (QED) is 0.816. The summed E-state index contributed by atoms with van der Waals surface area (Å²) in [5, 5.41) is 6.14. The van der Waals surface area contributed by atoms with E-state index in [1.54, 1.807) is 6.92 Å². The molecule has 102 valence electrons. The van der Waals surface area contributed by atoms with Crippen LogP contribution in [-0.4, -0.2) is 17.6 Å². The highest BCUT2D eigenvalue weighted by atomic mass is 19.1. The summed E-state index contributed by atoms with van der Waals surface area (Å²) in [6, 6.07) is 3.89. The molecule has 6 heteroatoms. The van der Waals surface area contributed by atoms with E-state index in [-0.39, 0.29) is 12.3 Å². The number of nitrogens with one attached hydrogen (secondary N) is 1. The molecule has 0 bridgehead atoms. The molecule has 2 rings (SSSR count). The smallest absolute Gasteiger partial charge is 0.294 e. The van der Waals surface area contributed by atoms with Crippen molar-refractivity contribution in [2.45, 2.75) is 6.92 Å². The van der Waals surface area contributed by atoms with Gasteiger partial charge in [-0.1, -0.05) is 17.0 Å². The number of halogens is 1. The maximum atomic E-state index is 13.2. The molecule has 0 aliphatic rings. The summed E-state index contributed by atoms with van der Waals surface area (Å²) in [4.78, 5) is 12.0. The van der Waals surface area contributed by atoms with Crippen LogP contribution in [0.1, 0.15) is 21.7 Å². The van der Waals surface area contributed by atoms with Crippen LogP contribution < -0.4 is 11.1 Å². The molecule has 1 heterocycles. The first-order chi connectivity index (χ1) is 9.61. The maximum Gasteiger partial charge on any atom is 0.294 e. The summed E-state index contributed by atoms with van der Waals surface area (Å²) < 4.78 is 18.1. The number of rotatable bonds is 2. The number of anilines is 1. The molecule has 20 heavy (non-hydrogen) atoms. The molecule has 1 aromatic heterocycles. The van der Waals surface area contributed by atoms with Crippen LogP contribution >= 0.6 is 0 Å². The Kier molecular flexibility index (Phi) is 4.13. The molecular weight excluding hydrogens is 261 g/mol. The Balaban J connectivity index is 2.29. The third kappa shape index (κ3) is 3.02. The molecule has 0 aliphatic heterocycles. The van der Waals surface area contributed by atoms with Gasteiger partial charge in [-0.2, -0.15) is 0 Å². The van der Waals surface area contributed by atoms with Gasteiger partial charge < -0.3 is 15.6 Å². The van der Waals surface area contributed by atoms with Crippen LogP contribution in [0.3, 0.4) is 0 Å². The molecule has 0 aliphatic carbocycles. The van der Waals surface area contributed by atoms with Crippen LogP contribution in [0.15, 0.2) is 28.9 Å². The van der Waals surface area contributed by atoms with E-state index >= 15 is 0 Å². The zero-order chi connectivity index (χ0) is 14.5. The summed E-state index contributed by atoms with van der Waals surface area (Å²) in [6.45, 7) is 1.84. The molecule has 5 nitrogen and oxygen atoms in total. The molecule has 0 fully saturated rings. The fraction of sp³-hybridized carbons (Fsp3) is 0.143. The van der Waals surface area contributed by atoms with Gasteiger partial charge in [-0.25, -0.2) is 4.39 Å². The first-order valence-corrected chi connectivity index (χ1v) is 5.83. The van der Waals surface area contributed by atoms with E-state index in [9.17, 15) is 9.18 Å². The van der Waals surface area contributed by atoms with Gasteiger partial charge in [-0.3, -0.25) is 4.79 Å². The number of carbonyl (C=O) groups is 1. The Hall–Kier alpha value is -2.65. The van der Waals surface area contributed by atoms with Gasteiger partial charge in [0.15, 0.2) is 0 Å². The average molecular weight is 273 g/mol. The number of hydrogen-bond donors (Lipinski definition) is 2. The Morgan fingerprint density at radius 1 is 1.55 bits per heavy atom. The highest BCUT2D eigenvalue weighted by Crippen LogP contribution is 2.18. The molecule has 0 saturated carbocycles. The van der Waals surface area contributed by atoms with Crippen molar-refractivity contribution in [3.05, 3.63) is 47.1 Å². The van der Waals surface area contributed by atoms with Gasteiger partial charge in [0.25, 0.3) is 5.91 Å². The molecular formula is C14H12FN3O2. The molecule has 3 N–H and O–H groups in total. The highest BCUT2D eigenvalue weighted by Gasteiger charge is 2.15. The number of nitrogens with zero attached hydrogens (tertiary/aromatic N) is 1. The van der Waals surface area contributed by atoms with Crippen molar-refractivity contribution < 1.29 is 13.7 Å². The molecule has 0 radical (unpaired) electrons. The maximum absolute atomic E-state index is 13.2. The minimum absolute atomic E-state index is 0.104. The Morgan fingerprint density at radius 3 is 3.00 bits per heavy atom. The number of benzene rings is 1. The first-order valence-electron chi connectivity index (χ1n) is 5.83. The molecule has 0 atom stereocenters. The lowest BCUT2D eigenvalue weighted by Gasteiger charge is -2.06. The Labute approximate surface area is 114 Å². The summed E-state index contributed by atoms with van der Waals surface area (Å²) >= 11 is 0. The lowest BCUT2D eigenvalue weighted by molar-refractivity contribution is 0.0987. The van der Waals surface area contributed by atoms with Crippen molar-refractivity contribution in [2.75, 3.05) is 11.9 Å². The SMILES string of the molecule is Cc1cnoc1C(=O)Nc1ccc(F)cc1C#CCN. The predicted molar refractivity (Wildman–Crippen MR) is 71.5 cm³/mol. The normalized spacial score (nSPS) is 9.75. The Morgan fingerprint density at radius 2 is 2.35 bits per heavy atom. The van der Waals surface area contributed by atoms with Crippen molar-refractivity contribution in [1.82, 2.24) is 5.16 Å². The number of aryl methyl sites for hydroxylation is 1. The zero-order valence-corrected chi connectivity index (χ0v) is 10.7. The van der Waals surface area contributed by atoms with Gasteiger partial charge >= 0.3 is 0 Å². The van der Waals surface area contributed by atoms with E-state index in [2.05, 4.69) is 22.3 Å². The van der Waals surface area contributed by atoms with Crippen LogP contribution in [0.25, 0.3) is 0 Å². The Bertz CT molecular complexity index is 698. The number of hydrogen-bond acceptors (Lipinski definition) is 4. The second kappa shape index (κ2) is 5.99. The lowest BCUT2D eigenvalue weighted by atomic mass is 10.1. The molecule has 1 aromatic carbocycles. The van der Waals surface area contributed by atoms with E-state index in [1.165, 1.54) is 24.4 Å². The van der Waals surface area contributed by atoms with Crippen LogP contribution in [-0.2, 0) is 0 Å². The minimum atomic E-state index is -0.470. The molecule has 2 aromatic rings. The lowest BCUT2D eigenvalue weighted by Crippen LogP contribution is -2.13. The number of amides is 1. The number of carbonyl (C=O) groups excluding carboxylic acids is 1. The van der Waals surface area contributed by atoms with E-state index in [0.29, 0.717) is 16.8 Å². The van der Waals surface area contributed by atoms with Crippen molar-refractivity contribution in [2.24, 2.45) is 5.73 Å². The molecule has 0 saturated heterocycles. The van der Waals surface area contributed by atoms with Crippen LogP contribution in [0.2, 0.25) is 0 Å². The van der Waals surface area contributed by atoms with Gasteiger partial charge in [0.2, 0.25) is 5.76 Å². The van der Waals surface area contributed by atoms with Crippen molar-refractivity contribution in [3.63, 3.8) is 0 Å². The van der Waals surface area contributed by atoms with E-state index in [1.807, 2.05) is 0 Å². The monoisotopic (exact) mass is 273 g/mol. The fourth-order valence-corrected chi connectivity index (χ4v) is 1.56. The second-order valence-electron chi connectivity index (χ2n) is 3.99. The highest BCUT2D eigenvalue weighted by molar-refractivity contribution is 6.03. The number of aromatic nitrogens is 1. The third-order valence-electron chi connectivity index (χ3n) is 2.51. The standard InChI is InChI=1S/C14H12FN3O2/c1-9-8-17-20-13(9)14(19)18-12-5-4-11(15)7-10(12)3-2-6-16/h4-5,7-8H,6,16H2,1H3,(H,18,19). The largest absolute Gasteiger partial charge is 0.351 e. The van der Waals surface area contributed by atoms with Gasteiger partial charge in [-0.05, 0) is 25.1 Å². The summed E-state index contributed by atoms with van der Waals surface area (Å²) in [5.41, 5.74) is 6.63. The summed E-state index contributed by atoms with van der Waals surface area (Å²) in [6.07, 6.45) is 1.44. The summed E-state index contributed by atoms with van der Waals surface area (Å²) in [7, 11) is 0. The van der Waals surface area contributed by atoms with Crippen molar-refractivity contribution >= 4 is 11.6 Å². The molecule has 0 unspecified atom stereocenters. The van der Waals surface area contributed by atoms with Gasteiger partial charge in [0, 0.05) is 5.56 Å². The zero-order valence-electron chi connectivity index (χ0n) is 10.7. The van der Waals surface area contributed by atoms with Crippen molar-refractivity contribution in [3.8, 4) is 11.8 Å². The topological polar surface area (TPSA) is 81.2 Å². The average Bonchev–Trinajstić information content (AvgIpc) is 2.85. The van der Waals surface area contributed by atoms with Crippen molar-refractivity contribution in [1.29, 1.82) is 0 Å². The van der Waals surface area contributed by atoms with Crippen LogP contribution in [0, 0.1) is 24.6 Å². The molecule has 1 amide bonds. The van der Waals surface area contributed by atoms with E-state index < -0.39 is 11.7 Å². The third-order valence-corrected chi connectivity index (χ3v) is 2.51. The number of nitrogens with two attached hydrogens (primary N) is 1. The van der Waals surface area contributed by atoms with E-state index in [4.69, 9.17) is 10.3 Å². The summed E-state index contributed by atoms with van der Waals surface area (Å²) in [5.74, 6) is 4.51. The minimum Gasteiger partial charge on any atom is -0.351 e. The van der Waals surface area contributed by atoms with Crippen LogP contribution in [0.4, 0.5) is 10.1 Å². The molecule has 0 spiro atoms. The second-order valence-corrected chi connectivity index (χ2v) is 3.99.